The van der Waals surface area contributed by atoms with E-state index >= 15 is 0 Å². The summed E-state index contributed by atoms with van der Waals surface area (Å²) in [7, 11) is 1.41. The molecule has 0 aromatic carbocycles. The number of likely N-dealkylation sites (tertiary alicyclic amines) is 1. The van der Waals surface area contributed by atoms with Gasteiger partial charge in [0.25, 0.3) is 0 Å². The van der Waals surface area contributed by atoms with Crippen LogP contribution in [0, 0.1) is 17.8 Å². The summed E-state index contributed by atoms with van der Waals surface area (Å²) in [5, 5.41) is 10.4. The van der Waals surface area contributed by atoms with Gasteiger partial charge in [0.05, 0.1) is 13.2 Å². The Morgan fingerprint density at radius 1 is 1.30 bits per heavy atom. The second-order valence-electron chi connectivity index (χ2n) is 7.55. The number of rotatable bonds is 12. The van der Waals surface area contributed by atoms with E-state index in [0.29, 0.717) is 12.8 Å². The highest BCUT2D eigenvalue weighted by Crippen LogP contribution is 2.25. The summed E-state index contributed by atoms with van der Waals surface area (Å²) < 4.78 is 4.64. The highest BCUT2D eigenvalue weighted by molar-refractivity contribution is 5.78. The molecule has 0 radical (unpaired) electrons. The SMILES string of the molecule is CCC#CCC(C)C(O)CC[C@H]1CCC(=O)N1CCCCCCC(=O)OC. The van der Waals surface area contributed by atoms with Crippen LogP contribution in [0.2, 0.25) is 0 Å². The van der Waals surface area contributed by atoms with Gasteiger partial charge < -0.3 is 14.7 Å². The molecule has 0 saturated carbocycles. The standard InChI is InChI=1S/C22H37NO4/c1-4-5-8-11-18(2)20(24)15-13-19-14-16-21(25)23(19)17-10-7-6-9-12-22(26)27-3/h18-20,24H,4,6-7,9-17H2,1-3H3/t18?,19-,20?/m0/s1. The van der Waals surface area contributed by atoms with Crippen LogP contribution in [-0.4, -0.2) is 47.7 Å². The van der Waals surface area contributed by atoms with Gasteiger partial charge in [-0.25, -0.2) is 0 Å². The molecule has 1 heterocycles. The van der Waals surface area contributed by atoms with Gasteiger partial charge in [0.15, 0.2) is 0 Å². The van der Waals surface area contributed by atoms with Crippen LogP contribution in [-0.2, 0) is 14.3 Å². The third-order valence-electron chi connectivity index (χ3n) is 5.39. The maximum atomic E-state index is 12.2. The normalized spacial score (nSPS) is 18.7. The van der Waals surface area contributed by atoms with E-state index in [2.05, 4.69) is 16.6 Å². The summed E-state index contributed by atoms with van der Waals surface area (Å²) in [4.78, 5) is 25.3. The summed E-state index contributed by atoms with van der Waals surface area (Å²) in [6.07, 6.45) is 8.62. The van der Waals surface area contributed by atoms with Crippen LogP contribution in [0.15, 0.2) is 0 Å². The van der Waals surface area contributed by atoms with Gasteiger partial charge in [-0.1, -0.05) is 26.7 Å². The number of nitrogens with zero attached hydrogens (tertiary/aromatic N) is 1. The minimum atomic E-state index is -0.355. The third-order valence-corrected chi connectivity index (χ3v) is 5.39. The Bertz CT molecular complexity index is 508. The minimum absolute atomic E-state index is 0.154. The lowest BCUT2D eigenvalue weighted by atomic mass is 9.95. The summed E-state index contributed by atoms with van der Waals surface area (Å²) in [5.41, 5.74) is 0. The van der Waals surface area contributed by atoms with E-state index in [1.165, 1.54) is 7.11 Å². The van der Waals surface area contributed by atoms with Crippen LogP contribution >= 0.6 is 0 Å². The molecular weight excluding hydrogens is 342 g/mol. The molecule has 5 nitrogen and oxygen atoms in total. The monoisotopic (exact) mass is 379 g/mol. The number of aliphatic hydroxyl groups is 1. The number of carbonyl (C=O) groups excluding carboxylic acids is 2. The minimum Gasteiger partial charge on any atom is -0.469 e. The van der Waals surface area contributed by atoms with Gasteiger partial charge in [-0.05, 0) is 38.0 Å². The second-order valence-corrected chi connectivity index (χ2v) is 7.55. The topological polar surface area (TPSA) is 66.8 Å². The predicted octanol–water partition coefficient (Wildman–Crippen LogP) is 3.68. The molecule has 0 bridgehead atoms. The van der Waals surface area contributed by atoms with Gasteiger partial charge in [-0.15, -0.1) is 11.8 Å². The van der Waals surface area contributed by atoms with E-state index in [9.17, 15) is 14.7 Å². The zero-order valence-corrected chi connectivity index (χ0v) is 17.3. The number of unbranched alkanes of at least 4 members (excludes halogenated alkanes) is 3. The Kier molecular flexibility index (Phi) is 11.8. The van der Waals surface area contributed by atoms with Crippen molar-refractivity contribution >= 4 is 11.9 Å². The van der Waals surface area contributed by atoms with Gasteiger partial charge in [0.1, 0.15) is 0 Å². The van der Waals surface area contributed by atoms with Crippen molar-refractivity contribution in [1.29, 1.82) is 0 Å². The maximum absolute atomic E-state index is 12.2. The second kappa shape index (κ2) is 13.6. The van der Waals surface area contributed by atoms with Crippen molar-refractivity contribution in [3.63, 3.8) is 0 Å². The van der Waals surface area contributed by atoms with Crippen LogP contribution in [0.4, 0.5) is 0 Å². The first-order chi connectivity index (χ1) is 13.0. The van der Waals surface area contributed by atoms with Crippen molar-refractivity contribution in [1.82, 2.24) is 4.90 Å². The van der Waals surface area contributed by atoms with Crippen LogP contribution in [0.5, 0.6) is 0 Å². The fourth-order valence-electron chi connectivity index (χ4n) is 3.55. The number of amides is 1. The first-order valence-electron chi connectivity index (χ1n) is 10.5. The van der Waals surface area contributed by atoms with Crippen LogP contribution in [0.25, 0.3) is 0 Å². The summed E-state index contributed by atoms with van der Waals surface area (Å²) in [5.74, 6) is 6.42. The predicted molar refractivity (Wildman–Crippen MR) is 107 cm³/mol. The van der Waals surface area contributed by atoms with Gasteiger partial charge in [-0.2, -0.15) is 0 Å². The number of hydrogen-bond acceptors (Lipinski definition) is 4. The average Bonchev–Trinajstić information content (AvgIpc) is 3.02. The van der Waals surface area contributed by atoms with E-state index in [0.717, 1.165) is 64.3 Å². The molecular formula is C22H37NO4. The van der Waals surface area contributed by atoms with Crippen molar-refractivity contribution in [2.75, 3.05) is 13.7 Å². The van der Waals surface area contributed by atoms with E-state index in [4.69, 9.17) is 0 Å². The largest absolute Gasteiger partial charge is 0.469 e. The number of esters is 1. The first kappa shape index (κ1) is 23.5. The molecule has 0 spiro atoms. The van der Waals surface area contributed by atoms with Crippen LogP contribution in [0.3, 0.4) is 0 Å². The van der Waals surface area contributed by atoms with Crippen LogP contribution < -0.4 is 0 Å². The maximum Gasteiger partial charge on any atom is 0.305 e. The molecule has 1 saturated heterocycles. The van der Waals surface area contributed by atoms with Crippen molar-refractivity contribution in [2.24, 2.45) is 5.92 Å². The molecule has 1 aliphatic rings. The Balaban J connectivity index is 2.27. The fourth-order valence-corrected chi connectivity index (χ4v) is 3.55. The zero-order chi connectivity index (χ0) is 20.1. The molecule has 2 unspecified atom stereocenters. The van der Waals surface area contributed by atoms with Gasteiger partial charge in [-0.3, -0.25) is 9.59 Å². The lowest BCUT2D eigenvalue weighted by Crippen LogP contribution is -2.34. The van der Waals surface area contributed by atoms with Crippen molar-refractivity contribution < 1.29 is 19.4 Å². The fraction of sp³-hybridized carbons (Fsp3) is 0.818. The molecule has 1 aliphatic heterocycles. The molecule has 1 N–H and O–H groups in total. The van der Waals surface area contributed by atoms with E-state index in [-0.39, 0.29) is 29.9 Å². The number of ether oxygens (including phenoxy) is 1. The quantitative estimate of drug-likeness (QED) is 0.319. The Hall–Kier alpha value is -1.54. The molecule has 3 atom stereocenters. The van der Waals surface area contributed by atoms with E-state index in [1.807, 2.05) is 18.7 Å². The molecule has 5 heteroatoms. The van der Waals surface area contributed by atoms with Gasteiger partial charge in [0.2, 0.25) is 5.91 Å². The third kappa shape index (κ3) is 9.28. The first-order valence-corrected chi connectivity index (χ1v) is 10.5. The van der Waals surface area contributed by atoms with E-state index in [1.54, 1.807) is 0 Å². The molecule has 1 fully saturated rings. The highest BCUT2D eigenvalue weighted by atomic mass is 16.5. The summed E-state index contributed by atoms with van der Waals surface area (Å²) in [6, 6.07) is 0.260. The smallest absolute Gasteiger partial charge is 0.305 e. The molecule has 0 aromatic heterocycles. The van der Waals surface area contributed by atoms with Crippen molar-refractivity contribution in [2.45, 2.75) is 96.6 Å². The number of carbonyl (C=O) groups is 2. The molecule has 1 amide bonds. The lowest BCUT2D eigenvalue weighted by molar-refractivity contribution is -0.140. The lowest BCUT2D eigenvalue weighted by Gasteiger charge is -2.26. The summed E-state index contributed by atoms with van der Waals surface area (Å²) in [6.45, 7) is 4.86. The number of hydrogen-bond donors (Lipinski definition) is 1. The molecule has 0 aliphatic carbocycles. The number of aliphatic hydroxyl groups excluding tert-OH is 1. The molecule has 1 rings (SSSR count). The summed E-state index contributed by atoms with van der Waals surface area (Å²) >= 11 is 0. The Morgan fingerprint density at radius 3 is 2.74 bits per heavy atom. The van der Waals surface area contributed by atoms with E-state index < -0.39 is 0 Å². The van der Waals surface area contributed by atoms with Gasteiger partial charge in [0, 0.05) is 38.3 Å². The molecule has 0 aromatic rings. The van der Waals surface area contributed by atoms with Crippen molar-refractivity contribution in [3.8, 4) is 11.8 Å². The Morgan fingerprint density at radius 2 is 2.04 bits per heavy atom. The molecule has 27 heavy (non-hydrogen) atoms. The molecule has 154 valence electrons. The van der Waals surface area contributed by atoms with Gasteiger partial charge >= 0.3 is 5.97 Å². The number of methoxy groups -OCH3 is 1. The average molecular weight is 380 g/mol. The Labute approximate surface area is 164 Å². The van der Waals surface area contributed by atoms with Crippen molar-refractivity contribution in [3.05, 3.63) is 0 Å². The van der Waals surface area contributed by atoms with Crippen LogP contribution in [0.1, 0.15) is 84.5 Å². The zero-order valence-electron chi connectivity index (χ0n) is 17.3. The highest BCUT2D eigenvalue weighted by Gasteiger charge is 2.30.